The summed E-state index contributed by atoms with van der Waals surface area (Å²) in [6, 6.07) is 1.91. The van der Waals surface area contributed by atoms with Crippen LogP contribution in [0.5, 0.6) is 0 Å². The zero-order valence-corrected chi connectivity index (χ0v) is 13.7. The van der Waals surface area contributed by atoms with Gasteiger partial charge in [0.05, 0.1) is 11.1 Å². The van der Waals surface area contributed by atoms with Gasteiger partial charge in [0.15, 0.2) is 5.16 Å². The number of carbonyl (C=O) groups is 1. The highest BCUT2D eigenvalue weighted by atomic mass is 32.2. The van der Waals surface area contributed by atoms with Gasteiger partial charge in [-0.05, 0) is 32.5 Å². The van der Waals surface area contributed by atoms with Gasteiger partial charge in [-0.25, -0.2) is 4.98 Å². The number of aromatic nitrogens is 2. The summed E-state index contributed by atoms with van der Waals surface area (Å²) < 4.78 is 1.58. The molecule has 0 saturated carbocycles. The molecule has 2 rings (SSSR count). The van der Waals surface area contributed by atoms with E-state index in [0.717, 1.165) is 11.8 Å². The molecule has 0 aliphatic carbocycles. The number of likely N-dealkylation sites (N-methyl/N-ethyl adjacent to an activating group) is 1. The average molecular weight is 327 g/mol. The van der Waals surface area contributed by atoms with Crippen LogP contribution in [0.2, 0.25) is 0 Å². The second-order valence-corrected chi connectivity index (χ2v) is 6.78. The molecule has 0 fully saturated rings. The minimum Gasteiger partial charge on any atom is -0.481 e. The van der Waals surface area contributed by atoms with E-state index in [1.165, 1.54) is 11.3 Å². The summed E-state index contributed by atoms with van der Waals surface area (Å²) in [4.78, 5) is 30.4. The Morgan fingerprint density at radius 3 is 2.90 bits per heavy atom. The lowest BCUT2D eigenvalue weighted by Crippen LogP contribution is -2.34. The normalized spacial score (nSPS) is 13.0. The van der Waals surface area contributed by atoms with Crippen molar-refractivity contribution in [3.63, 3.8) is 0 Å². The van der Waals surface area contributed by atoms with Crippen LogP contribution in [-0.4, -0.2) is 51.4 Å². The number of thioether (sulfide) groups is 1. The molecule has 2 aromatic heterocycles. The van der Waals surface area contributed by atoms with Crippen molar-refractivity contribution in [1.82, 2.24) is 14.5 Å². The van der Waals surface area contributed by atoms with Crippen LogP contribution >= 0.6 is 23.1 Å². The second-order valence-electron chi connectivity index (χ2n) is 4.94. The summed E-state index contributed by atoms with van der Waals surface area (Å²) in [5, 5.41) is 11.7. The highest BCUT2D eigenvalue weighted by Crippen LogP contribution is 2.21. The number of carboxylic acid groups (broad SMARTS) is 1. The molecule has 0 saturated heterocycles. The van der Waals surface area contributed by atoms with E-state index in [9.17, 15) is 9.59 Å². The third-order valence-electron chi connectivity index (χ3n) is 3.20. The lowest BCUT2D eigenvalue weighted by Gasteiger charge is -2.22. The van der Waals surface area contributed by atoms with E-state index < -0.39 is 5.97 Å². The largest absolute Gasteiger partial charge is 0.481 e. The molecule has 114 valence electrons. The molecule has 1 unspecified atom stereocenters. The number of hydrogen-bond donors (Lipinski definition) is 1. The molecular weight excluding hydrogens is 310 g/mol. The van der Waals surface area contributed by atoms with Crippen molar-refractivity contribution >= 4 is 39.3 Å². The van der Waals surface area contributed by atoms with E-state index in [4.69, 9.17) is 5.11 Å². The van der Waals surface area contributed by atoms with Crippen molar-refractivity contribution < 1.29 is 9.90 Å². The highest BCUT2D eigenvalue weighted by molar-refractivity contribution is 7.99. The Morgan fingerprint density at radius 1 is 1.57 bits per heavy atom. The predicted octanol–water partition coefficient (Wildman–Crippen LogP) is 1.58. The molecule has 6 nitrogen and oxygen atoms in total. The predicted molar refractivity (Wildman–Crippen MR) is 85.4 cm³/mol. The first-order valence-electron chi connectivity index (χ1n) is 6.39. The molecule has 0 spiro atoms. The van der Waals surface area contributed by atoms with Crippen LogP contribution < -0.4 is 5.56 Å². The lowest BCUT2D eigenvalue weighted by molar-refractivity contribution is -0.133. The standard InChI is InChI=1S/C13H17N3O3S2/c1-8(15(2)3)6-16-12(19)9-4-5-20-11(9)14-13(16)21-7-10(17)18/h4-5,8H,6-7H2,1-3H3,(H,17,18). The van der Waals surface area contributed by atoms with Gasteiger partial charge in [-0.3, -0.25) is 14.2 Å². The number of nitrogens with zero attached hydrogens (tertiary/aromatic N) is 3. The van der Waals surface area contributed by atoms with Crippen LogP contribution in [0.4, 0.5) is 0 Å². The van der Waals surface area contributed by atoms with Crippen LogP contribution in [0.25, 0.3) is 10.2 Å². The topological polar surface area (TPSA) is 75.4 Å². The Bertz CT molecular complexity index is 708. The Hall–Kier alpha value is -1.38. The fourth-order valence-electron chi connectivity index (χ4n) is 1.76. The number of hydrogen-bond acceptors (Lipinski definition) is 6. The number of thiophene rings is 1. The van der Waals surface area contributed by atoms with Gasteiger partial charge in [0.2, 0.25) is 0 Å². The Morgan fingerprint density at radius 2 is 2.29 bits per heavy atom. The fraction of sp³-hybridized carbons (Fsp3) is 0.462. The number of aliphatic carboxylic acids is 1. The summed E-state index contributed by atoms with van der Waals surface area (Å²) in [6.07, 6.45) is 0. The van der Waals surface area contributed by atoms with Crippen molar-refractivity contribution in [2.24, 2.45) is 0 Å². The molecule has 2 aromatic rings. The third kappa shape index (κ3) is 3.63. The summed E-state index contributed by atoms with van der Waals surface area (Å²) in [5.41, 5.74) is -0.108. The Labute approximate surface area is 130 Å². The van der Waals surface area contributed by atoms with E-state index in [-0.39, 0.29) is 17.4 Å². The molecule has 0 aliphatic heterocycles. The van der Waals surface area contributed by atoms with Gasteiger partial charge < -0.3 is 10.0 Å². The molecular formula is C13H17N3O3S2. The maximum atomic E-state index is 12.6. The molecule has 0 bridgehead atoms. The Balaban J connectivity index is 2.46. The van der Waals surface area contributed by atoms with Crippen LogP contribution in [0, 0.1) is 0 Å². The second kappa shape index (κ2) is 6.59. The molecule has 1 atom stereocenters. The smallest absolute Gasteiger partial charge is 0.313 e. The first-order valence-corrected chi connectivity index (χ1v) is 8.25. The first kappa shape index (κ1) is 16.0. The first-order chi connectivity index (χ1) is 9.90. The van der Waals surface area contributed by atoms with Crippen molar-refractivity contribution in [3.8, 4) is 0 Å². The maximum absolute atomic E-state index is 12.6. The molecule has 0 amide bonds. The minimum absolute atomic E-state index is 0.108. The molecule has 8 heteroatoms. The number of fused-ring (bicyclic) bond motifs is 1. The number of carboxylic acids is 1. The number of rotatable bonds is 6. The van der Waals surface area contributed by atoms with E-state index >= 15 is 0 Å². The quantitative estimate of drug-likeness (QED) is 0.641. The fourth-order valence-corrected chi connectivity index (χ4v) is 3.29. The van der Waals surface area contributed by atoms with Crippen molar-refractivity contribution in [2.45, 2.75) is 24.7 Å². The SMILES string of the molecule is CC(Cn1c(SCC(=O)O)nc2sccc2c1=O)N(C)C. The van der Waals surface area contributed by atoms with Crippen LogP contribution in [-0.2, 0) is 11.3 Å². The lowest BCUT2D eigenvalue weighted by atomic mass is 10.3. The van der Waals surface area contributed by atoms with Gasteiger partial charge >= 0.3 is 5.97 Å². The van der Waals surface area contributed by atoms with Gasteiger partial charge in [-0.1, -0.05) is 11.8 Å². The van der Waals surface area contributed by atoms with Crippen molar-refractivity contribution in [1.29, 1.82) is 0 Å². The Kier molecular flexibility index (Phi) is 5.02. The van der Waals surface area contributed by atoms with Gasteiger partial charge in [0, 0.05) is 12.6 Å². The average Bonchev–Trinajstić information content (AvgIpc) is 2.88. The summed E-state index contributed by atoms with van der Waals surface area (Å²) >= 11 is 2.47. The minimum atomic E-state index is -0.923. The molecule has 0 aromatic carbocycles. The van der Waals surface area contributed by atoms with Gasteiger partial charge in [0.25, 0.3) is 5.56 Å². The molecule has 0 aliphatic rings. The van der Waals surface area contributed by atoms with Gasteiger partial charge in [-0.2, -0.15) is 0 Å². The van der Waals surface area contributed by atoms with Crippen molar-refractivity contribution in [3.05, 3.63) is 21.8 Å². The van der Waals surface area contributed by atoms with E-state index in [1.807, 2.05) is 31.3 Å². The molecule has 21 heavy (non-hydrogen) atoms. The zero-order chi connectivity index (χ0) is 15.6. The maximum Gasteiger partial charge on any atom is 0.313 e. The van der Waals surface area contributed by atoms with Crippen molar-refractivity contribution in [2.75, 3.05) is 19.8 Å². The third-order valence-corrected chi connectivity index (χ3v) is 4.97. The van der Waals surface area contributed by atoms with E-state index in [1.54, 1.807) is 10.6 Å². The van der Waals surface area contributed by atoms with Crippen LogP contribution in [0.3, 0.4) is 0 Å². The summed E-state index contributed by atoms with van der Waals surface area (Å²) in [7, 11) is 3.88. The summed E-state index contributed by atoms with van der Waals surface area (Å²) in [6.45, 7) is 2.49. The van der Waals surface area contributed by atoms with Gasteiger partial charge in [-0.15, -0.1) is 11.3 Å². The van der Waals surface area contributed by atoms with Crippen LogP contribution in [0.15, 0.2) is 21.4 Å². The molecule has 1 N–H and O–H groups in total. The van der Waals surface area contributed by atoms with Gasteiger partial charge in [0.1, 0.15) is 4.83 Å². The summed E-state index contributed by atoms with van der Waals surface area (Å²) in [5.74, 6) is -1.03. The molecule has 2 heterocycles. The highest BCUT2D eigenvalue weighted by Gasteiger charge is 2.16. The van der Waals surface area contributed by atoms with E-state index in [0.29, 0.717) is 21.9 Å². The van der Waals surface area contributed by atoms with Crippen LogP contribution in [0.1, 0.15) is 6.92 Å². The van der Waals surface area contributed by atoms with E-state index in [2.05, 4.69) is 4.98 Å². The molecule has 0 radical (unpaired) electrons. The zero-order valence-electron chi connectivity index (χ0n) is 12.1. The monoisotopic (exact) mass is 327 g/mol.